The van der Waals surface area contributed by atoms with Crippen LogP contribution in [0.15, 0.2) is 75.2 Å². The fraction of sp³-hybridized carbons (Fsp3) is 0.0833. The highest BCUT2D eigenvalue weighted by molar-refractivity contribution is 9.11. The lowest BCUT2D eigenvalue weighted by Gasteiger charge is -2.12. The molecule has 12 nitrogen and oxygen atoms in total. The molecule has 3 rings (SSSR count). The number of nitro groups is 2. The van der Waals surface area contributed by atoms with Crippen molar-refractivity contribution in [3.8, 4) is 23.0 Å². The number of halogens is 2. The van der Waals surface area contributed by atoms with E-state index in [1.54, 1.807) is 24.3 Å². The van der Waals surface area contributed by atoms with E-state index in [4.69, 9.17) is 14.2 Å². The number of nitrogens with zero attached hydrogens (tertiary/aromatic N) is 3. The number of ether oxygens (including phenoxy) is 3. The molecule has 0 saturated heterocycles. The normalized spacial score (nSPS) is 10.6. The molecule has 0 aliphatic rings. The van der Waals surface area contributed by atoms with Crippen molar-refractivity contribution in [3.05, 3.63) is 101 Å². The van der Waals surface area contributed by atoms with Gasteiger partial charge in [0.05, 0.1) is 33.7 Å². The van der Waals surface area contributed by atoms with Crippen molar-refractivity contribution in [2.45, 2.75) is 0 Å². The van der Waals surface area contributed by atoms with Gasteiger partial charge in [-0.15, -0.1) is 0 Å². The van der Waals surface area contributed by atoms with Crippen LogP contribution in [0.25, 0.3) is 0 Å². The molecule has 3 aromatic carbocycles. The van der Waals surface area contributed by atoms with Crippen LogP contribution in [0.1, 0.15) is 15.9 Å². The van der Waals surface area contributed by atoms with Crippen LogP contribution in [0.4, 0.5) is 11.4 Å². The maximum absolute atomic E-state index is 12.6. The second-order valence-corrected chi connectivity index (χ2v) is 9.01. The van der Waals surface area contributed by atoms with E-state index >= 15 is 0 Å². The Morgan fingerprint density at radius 1 is 1.05 bits per heavy atom. The van der Waals surface area contributed by atoms with Gasteiger partial charge in [0, 0.05) is 21.7 Å². The number of carbonyl (C=O) groups is 1. The van der Waals surface area contributed by atoms with Crippen LogP contribution in [0.3, 0.4) is 0 Å². The van der Waals surface area contributed by atoms with Crippen LogP contribution in [0.5, 0.6) is 23.0 Å². The van der Waals surface area contributed by atoms with Crippen molar-refractivity contribution in [2.24, 2.45) is 5.10 Å². The molecule has 0 unspecified atom stereocenters. The van der Waals surface area contributed by atoms with Gasteiger partial charge >= 0.3 is 5.69 Å². The molecule has 0 heterocycles. The molecule has 3 aromatic rings. The highest BCUT2D eigenvalue weighted by Crippen LogP contribution is 2.40. The minimum absolute atomic E-state index is 0.119. The van der Waals surface area contributed by atoms with E-state index in [1.165, 1.54) is 25.5 Å². The lowest BCUT2D eigenvalue weighted by Crippen LogP contribution is -2.17. The molecular weight excluding hydrogens is 632 g/mol. The zero-order valence-corrected chi connectivity index (χ0v) is 22.7. The molecule has 1 N–H and O–H groups in total. The first-order chi connectivity index (χ1) is 18.1. The number of carbonyl (C=O) groups excluding carboxylic acids is 1. The molecule has 14 heteroatoms. The van der Waals surface area contributed by atoms with E-state index in [1.807, 2.05) is 0 Å². The zero-order valence-electron chi connectivity index (χ0n) is 19.6. The van der Waals surface area contributed by atoms with Crippen molar-refractivity contribution in [3.63, 3.8) is 0 Å². The summed E-state index contributed by atoms with van der Waals surface area (Å²) in [5.41, 5.74) is 1.91. The van der Waals surface area contributed by atoms with Crippen LogP contribution in [-0.2, 0) is 0 Å². The number of methoxy groups -OCH3 is 1. The third-order valence-electron chi connectivity index (χ3n) is 4.75. The Labute approximate surface area is 232 Å². The van der Waals surface area contributed by atoms with E-state index in [-0.39, 0.29) is 23.7 Å². The molecule has 1 amide bonds. The molecule has 0 fully saturated rings. The molecule has 0 aliphatic heterocycles. The maximum Gasteiger partial charge on any atom is 0.318 e. The lowest BCUT2D eigenvalue weighted by molar-refractivity contribution is -0.394. The summed E-state index contributed by atoms with van der Waals surface area (Å²) >= 11 is 6.68. The number of nitrogens with one attached hydrogen (secondary N) is 1. The largest absolute Gasteiger partial charge is 0.493 e. The minimum Gasteiger partial charge on any atom is -0.493 e. The maximum atomic E-state index is 12.6. The van der Waals surface area contributed by atoms with E-state index in [9.17, 15) is 25.0 Å². The van der Waals surface area contributed by atoms with E-state index in [0.29, 0.717) is 26.0 Å². The van der Waals surface area contributed by atoms with Crippen LogP contribution in [0.2, 0.25) is 0 Å². The van der Waals surface area contributed by atoms with Gasteiger partial charge in [0.2, 0.25) is 5.75 Å². The fourth-order valence-electron chi connectivity index (χ4n) is 3.04. The van der Waals surface area contributed by atoms with Crippen LogP contribution in [-0.4, -0.2) is 35.7 Å². The lowest BCUT2D eigenvalue weighted by atomic mass is 10.2. The second kappa shape index (κ2) is 12.8. The van der Waals surface area contributed by atoms with E-state index < -0.39 is 27.1 Å². The van der Waals surface area contributed by atoms with Crippen molar-refractivity contribution in [2.75, 3.05) is 13.7 Å². The third kappa shape index (κ3) is 6.92. The SMILES string of the molecule is C=CCOc1ccc(C(=O)N/N=C/c2cc(Br)cc(Br)c2Oc2ccc([N+](=O)[O-])cc2[N+](=O)[O-])cc1OC. The first kappa shape index (κ1) is 28.3. The number of hydrazone groups is 1. The Morgan fingerprint density at radius 2 is 1.79 bits per heavy atom. The highest BCUT2D eigenvalue weighted by Gasteiger charge is 2.23. The van der Waals surface area contributed by atoms with Crippen molar-refractivity contribution < 1.29 is 28.9 Å². The van der Waals surface area contributed by atoms with Crippen molar-refractivity contribution >= 4 is 55.4 Å². The van der Waals surface area contributed by atoms with Gasteiger partial charge in [-0.1, -0.05) is 28.6 Å². The quantitative estimate of drug-likeness (QED) is 0.112. The minimum atomic E-state index is -0.787. The number of non-ortho nitro benzene ring substituents is 1. The molecule has 0 aliphatic carbocycles. The summed E-state index contributed by atoms with van der Waals surface area (Å²) in [7, 11) is 1.44. The summed E-state index contributed by atoms with van der Waals surface area (Å²) in [5.74, 6) is 0.132. The Hall–Kier alpha value is -4.30. The number of rotatable bonds is 11. The van der Waals surface area contributed by atoms with Crippen molar-refractivity contribution in [1.29, 1.82) is 0 Å². The van der Waals surface area contributed by atoms with Gasteiger partial charge in [0.15, 0.2) is 17.2 Å². The molecule has 0 radical (unpaired) electrons. The number of amides is 1. The first-order valence-electron chi connectivity index (χ1n) is 10.5. The molecule has 0 spiro atoms. The van der Waals surface area contributed by atoms with Crippen LogP contribution >= 0.6 is 31.9 Å². The average molecular weight is 650 g/mol. The van der Waals surface area contributed by atoms with Gasteiger partial charge in [-0.05, 0) is 52.3 Å². The number of hydrogen-bond donors (Lipinski definition) is 1. The summed E-state index contributed by atoms with van der Waals surface area (Å²) in [4.78, 5) is 33.6. The molecular formula is C24H18Br2N4O8. The van der Waals surface area contributed by atoms with Gasteiger partial charge in [-0.25, -0.2) is 5.43 Å². The smallest absolute Gasteiger partial charge is 0.318 e. The average Bonchev–Trinajstić information content (AvgIpc) is 2.88. The summed E-state index contributed by atoms with van der Waals surface area (Å²) < 4.78 is 17.5. The fourth-order valence-corrected chi connectivity index (χ4v) is 4.38. The van der Waals surface area contributed by atoms with E-state index in [2.05, 4.69) is 49.0 Å². The molecule has 196 valence electrons. The van der Waals surface area contributed by atoms with Crippen LogP contribution in [0, 0.1) is 20.2 Å². The molecule has 0 aromatic heterocycles. The van der Waals surface area contributed by atoms with Crippen molar-refractivity contribution in [1.82, 2.24) is 5.43 Å². The molecule has 0 bridgehead atoms. The monoisotopic (exact) mass is 648 g/mol. The summed E-state index contributed by atoms with van der Waals surface area (Å²) in [6.45, 7) is 3.85. The van der Waals surface area contributed by atoms with Gasteiger partial charge in [-0.3, -0.25) is 25.0 Å². The van der Waals surface area contributed by atoms with Gasteiger partial charge in [0.1, 0.15) is 6.61 Å². The molecule has 0 atom stereocenters. The summed E-state index contributed by atoms with van der Waals surface area (Å²) in [6.07, 6.45) is 2.85. The second-order valence-electron chi connectivity index (χ2n) is 7.24. The highest BCUT2D eigenvalue weighted by atomic mass is 79.9. The predicted octanol–water partition coefficient (Wildman–Crippen LogP) is 6.16. The standard InChI is InChI=1S/C24H18Br2N4O8/c1-3-8-37-21-6-4-14(10-22(21)36-2)24(31)28-27-13-15-9-16(25)11-18(26)23(15)38-20-7-5-17(29(32)33)12-19(20)30(34)35/h3-7,9-13H,1,8H2,2H3,(H,28,31)/b27-13+. The van der Waals surface area contributed by atoms with Crippen LogP contribution < -0.4 is 19.6 Å². The summed E-state index contributed by atoms with van der Waals surface area (Å²) in [6, 6.07) is 10.8. The number of nitro benzene ring substituents is 2. The Balaban J connectivity index is 1.86. The Morgan fingerprint density at radius 3 is 2.45 bits per heavy atom. The number of benzene rings is 3. The summed E-state index contributed by atoms with van der Waals surface area (Å²) in [5, 5.41) is 26.5. The van der Waals surface area contributed by atoms with E-state index in [0.717, 1.165) is 18.2 Å². The van der Waals surface area contributed by atoms with Gasteiger partial charge < -0.3 is 14.2 Å². The molecule has 38 heavy (non-hydrogen) atoms. The molecule has 0 saturated carbocycles. The van der Waals surface area contributed by atoms with Gasteiger partial charge in [0.25, 0.3) is 11.6 Å². The zero-order chi connectivity index (χ0) is 27.8. The predicted molar refractivity (Wildman–Crippen MR) is 145 cm³/mol. The Kier molecular flexibility index (Phi) is 9.51. The Bertz CT molecular complexity index is 1450. The number of hydrogen-bond acceptors (Lipinski definition) is 9. The van der Waals surface area contributed by atoms with Gasteiger partial charge in [-0.2, -0.15) is 5.10 Å². The third-order valence-corrected chi connectivity index (χ3v) is 5.80. The topological polar surface area (TPSA) is 155 Å². The first-order valence-corrected chi connectivity index (χ1v) is 12.1.